The number of nitrogens with one attached hydrogen (secondary N) is 1. The number of hydrogen-bond acceptors (Lipinski definition) is 2. The summed E-state index contributed by atoms with van der Waals surface area (Å²) in [5.74, 6) is -8.89. The Hall–Kier alpha value is -2.19. The molecule has 0 saturated carbocycles. The van der Waals surface area contributed by atoms with E-state index < -0.39 is 30.3 Å². The Morgan fingerprint density at radius 2 is 1.65 bits per heavy atom. The average molecular weight is 296 g/mol. The summed E-state index contributed by atoms with van der Waals surface area (Å²) in [6.07, 6.45) is -6.41. The molecule has 0 aliphatic carbocycles. The van der Waals surface area contributed by atoms with Crippen molar-refractivity contribution in [3.8, 4) is 0 Å². The summed E-state index contributed by atoms with van der Waals surface area (Å²) in [5.41, 5.74) is 4.60. The number of benzene rings is 1. The van der Waals surface area contributed by atoms with Crippen LogP contribution in [0.2, 0.25) is 0 Å². The predicted octanol–water partition coefficient (Wildman–Crippen LogP) is 1.85. The van der Waals surface area contributed by atoms with E-state index in [1.54, 1.807) is 0 Å². The molecule has 0 aliphatic rings. The number of rotatable bonds is 4. The van der Waals surface area contributed by atoms with Crippen molar-refractivity contribution in [3.05, 3.63) is 29.8 Å². The van der Waals surface area contributed by atoms with Crippen LogP contribution < -0.4 is 11.1 Å². The van der Waals surface area contributed by atoms with Crippen LogP contribution in [0.3, 0.4) is 0 Å². The van der Waals surface area contributed by atoms with Gasteiger partial charge in [0.15, 0.2) is 0 Å². The molecule has 0 atom stereocenters. The van der Waals surface area contributed by atoms with E-state index in [4.69, 9.17) is 5.73 Å². The number of carbonyl (C=O) groups is 2. The molecule has 0 bridgehead atoms. The molecule has 2 amide bonds. The van der Waals surface area contributed by atoms with Gasteiger partial charge >= 0.3 is 18.0 Å². The molecule has 0 aliphatic heterocycles. The predicted molar refractivity (Wildman–Crippen MR) is 59.0 cm³/mol. The maximum absolute atomic E-state index is 12.8. The largest absolute Gasteiger partial charge is 0.463 e. The Kier molecular flexibility index (Phi) is 4.31. The minimum absolute atomic E-state index is 0.0336. The van der Waals surface area contributed by atoms with E-state index in [1.807, 2.05) is 0 Å². The number of carbonyl (C=O) groups excluding carboxylic acids is 2. The fourth-order valence-electron chi connectivity index (χ4n) is 1.31. The SMILES string of the molecule is NC(=O)Cc1ccccc1NC(=O)C(F)(F)C(F)(F)F. The van der Waals surface area contributed by atoms with Crippen LogP contribution in [-0.4, -0.2) is 23.9 Å². The number of halogens is 5. The third kappa shape index (κ3) is 3.43. The van der Waals surface area contributed by atoms with E-state index in [-0.39, 0.29) is 11.3 Å². The standard InChI is InChI=1S/C11H9F5N2O2/c12-10(13,11(14,15)16)9(20)18-7-4-2-1-3-6(7)5-8(17)19/h1-4H,5H2,(H2,17,19)(H,18,20). The lowest BCUT2D eigenvalue weighted by molar-refractivity contribution is -0.267. The van der Waals surface area contributed by atoms with Crippen LogP contribution in [0.1, 0.15) is 5.56 Å². The summed E-state index contributed by atoms with van der Waals surface area (Å²) in [7, 11) is 0. The molecule has 20 heavy (non-hydrogen) atoms. The van der Waals surface area contributed by atoms with Gasteiger partial charge in [-0.25, -0.2) is 0 Å². The Morgan fingerprint density at radius 1 is 1.10 bits per heavy atom. The van der Waals surface area contributed by atoms with Gasteiger partial charge in [0.1, 0.15) is 0 Å². The Bertz CT molecular complexity index is 528. The minimum Gasteiger partial charge on any atom is -0.369 e. The van der Waals surface area contributed by atoms with Crippen LogP contribution in [0.5, 0.6) is 0 Å². The van der Waals surface area contributed by atoms with E-state index in [2.05, 4.69) is 0 Å². The highest BCUT2D eigenvalue weighted by molar-refractivity contribution is 5.97. The summed E-state index contributed by atoms with van der Waals surface area (Å²) in [4.78, 5) is 21.8. The first-order chi connectivity index (χ1) is 9.05. The first kappa shape index (κ1) is 15.9. The van der Waals surface area contributed by atoms with Crippen molar-refractivity contribution < 1.29 is 31.5 Å². The average Bonchev–Trinajstić information content (AvgIpc) is 2.29. The number of nitrogens with two attached hydrogens (primary N) is 1. The second kappa shape index (κ2) is 5.43. The molecular weight excluding hydrogens is 287 g/mol. The van der Waals surface area contributed by atoms with Gasteiger partial charge in [-0.1, -0.05) is 18.2 Å². The molecule has 1 aromatic carbocycles. The Labute approximate surface area is 109 Å². The maximum atomic E-state index is 12.8. The van der Waals surface area contributed by atoms with Gasteiger partial charge < -0.3 is 11.1 Å². The van der Waals surface area contributed by atoms with Crippen molar-refractivity contribution in [1.82, 2.24) is 0 Å². The zero-order valence-corrected chi connectivity index (χ0v) is 9.80. The van der Waals surface area contributed by atoms with Crippen molar-refractivity contribution in [2.24, 2.45) is 5.73 Å². The van der Waals surface area contributed by atoms with Crippen molar-refractivity contribution in [2.45, 2.75) is 18.5 Å². The molecule has 0 spiro atoms. The van der Waals surface area contributed by atoms with Gasteiger partial charge in [0.05, 0.1) is 6.42 Å². The lowest BCUT2D eigenvalue weighted by Crippen LogP contribution is -2.47. The smallest absolute Gasteiger partial charge is 0.369 e. The highest BCUT2D eigenvalue weighted by Crippen LogP contribution is 2.36. The first-order valence-electron chi connectivity index (χ1n) is 5.18. The Balaban J connectivity index is 3.00. The molecule has 0 heterocycles. The fraction of sp³-hybridized carbons (Fsp3) is 0.273. The zero-order chi connectivity index (χ0) is 15.6. The molecule has 1 aromatic rings. The van der Waals surface area contributed by atoms with E-state index in [0.29, 0.717) is 0 Å². The highest BCUT2D eigenvalue weighted by Gasteiger charge is 2.63. The van der Waals surface area contributed by atoms with Crippen LogP contribution >= 0.6 is 0 Å². The summed E-state index contributed by atoms with van der Waals surface area (Å²) in [6.45, 7) is 0. The summed E-state index contributed by atoms with van der Waals surface area (Å²) >= 11 is 0. The lowest BCUT2D eigenvalue weighted by Gasteiger charge is -2.19. The topological polar surface area (TPSA) is 72.2 Å². The minimum atomic E-state index is -6.00. The number of hydrogen-bond donors (Lipinski definition) is 2. The molecule has 1 rings (SSSR count). The van der Waals surface area contributed by atoms with Crippen LogP contribution in [0.25, 0.3) is 0 Å². The van der Waals surface area contributed by atoms with Crippen LogP contribution in [0, 0.1) is 0 Å². The Morgan fingerprint density at radius 3 is 2.15 bits per heavy atom. The molecule has 0 fully saturated rings. The summed E-state index contributed by atoms with van der Waals surface area (Å²) in [5, 5.41) is 1.45. The van der Waals surface area contributed by atoms with E-state index in [1.165, 1.54) is 23.5 Å². The molecule has 110 valence electrons. The van der Waals surface area contributed by atoms with Gasteiger partial charge in [-0.3, -0.25) is 9.59 Å². The van der Waals surface area contributed by atoms with Crippen molar-refractivity contribution in [2.75, 3.05) is 5.32 Å². The van der Waals surface area contributed by atoms with E-state index in [9.17, 15) is 31.5 Å². The van der Waals surface area contributed by atoms with Crippen molar-refractivity contribution >= 4 is 17.5 Å². The van der Waals surface area contributed by atoms with Gasteiger partial charge in [-0.15, -0.1) is 0 Å². The van der Waals surface area contributed by atoms with Gasteiger partial charge in [0, 0.05) is 5.69 Å². The molecule has 3 N–H and O–H groups in total. The third-order valence-corrected chi connectivity index (χ3v) is 2.27. The number of primary amides is 1. The molecular formula is C11H9F5N2O2. The number of amides is 2. The quantitative estimate of drug-likeness (QED) is 0.832. The summed E-state index contributed by atoms with van der Waals surface area (Å²) < 4.78 is 61.6. The molecule has 0 unspecified atom stereocenters. The van der Waals surface area contributed by atoms with Gasteiger partial charge in [0.25, 0.3) is 0 Å². The molecule has 4 nitrogen and oxygen atoms in total. The van der Waals surface area contributed by atoms with Crippen LogP contribution in [-0.2, 0) is 16.0 Å². The van der Waals surface area contributed by atoms with E-state index in [0.717, 1.165) is 6.07 Å². The van der Waals surface area contributed by atoms with E-state index >= 15 is 0 Å². The molecule has 9 heteroatoms. The van der Waals surface area contributed by atoms with Crippen molar-refractivity contribution in [1.29, 1.82) is 0 Å². The normalized spacial score (nSPS) is 12.1. The first-order valence-corrected chi connectivity index (χ1v) is 5.18. The van der Waals surface area contributed by atoms with Crippen molar-refractivity contribution in [3.63, 3.8) is 0 Å². The molecule has 0 aromatic heterocycles. The summed E-state index contributed by atoms with van der Waals surface area (Å²) in [6, 6.07) is 5.07. The van der Waals surface area contributed by atoms with Crippen LogP contribution in [0.15, 0.2) is 24.3 Å². The number of anilines is 1. The van der Waals surface area contributed by atoms with Gasteiger partial charge in [-0.2, -0.15) is 22.0 Å². The molecule has 0 saturated heterocycles. The van der Waals surface area contributed by atoms with Gasteiger partial charge in [-0.05, 0) is 11.6 Å². The van der Waals surface area contributed by atoms with Crippen LogP contribution in [0.4, 0.5) is 27.6 Å². The second-order valence-electron chi connectivity index (χ2n) is 3.83. The number of alkyl halides is 5. The second-order valence-corrected chi connectivity index (χ2v) is 3.83. The highest BCUT2D eigenvalue weighted by atomic mass is 19.4. The monoisotopic (exact) mass is 296 g/mol. The number of para-hydroxylation sites is 1. The zero-order valence-electron chi connectivity index (χ0n) is 9.80. The third-order valence-electron chi connectivity index (χ3n) is 2.27. The maximum Gasteiger partial charge on any atom is 0.463 e. The lowest BCUT2D eigenvalue weighted by atomic mass is 10.1. The molecule has 0 radical (unpaired) electrons. The van der Waals surface area contributed by atoms with Gasteiger partial charge in [0.2, 0.25) is 5.91 Å². The fourth-order valence-corrected chi connectivity index (χ4v) is 1.31.